The number of hydrogen-bond donors (Lipinski definition) is 1. The van der Waals surface area contributed by atoms with Crippen LogP contribution in [0.1, 0.15) is 19.4 Å². The van der Waals surface area contributed by atoms with Crippen LogP contribution < -0.4 is 5.32 Å². The first-order valence-corrected chi connectivity index (χ1v) is 6.81. The van der Waals surface area contributed by atoms with E-state index in [-0.39, 0.29) is 11.8 Å². The first kappa shape index (κ1) is 12.8. The lowest BCUT2D eigenvalue weighted by molar-refractivity contribution is -0.124. The van der Waals surface area contributed by atoms with Gasteiger partial charge in [0.25, 0.3) is 0 Å². The molecule has 0 aliphatic carbocycles. The van der Waals surface area contributed by atoms with Crippen molar-refractivity contribution in [3.63, 3.8) is 0 Å². The van der Waals surface area contributed by atoms with Crippen LogP contribution in [-0.2, 0) is 11.3 Å². The fourth-order valence-corrected chi connectivity index (χ4v) is 2.23. The molecule has 0 radical (unpaired) electrons. The Morgan fingerprint density at radius 2 is 2.28 bits per heavy atom. The van der Waals surface area contributed by atoms with Crippen molar-refractivity contribution < 1.29 is 4.79 Å². The number of thiophene rings is 1. The van der Waals surface area contributed by atoms with Gasteiger partial charge in [-0.25, -0.2) is 0 Å². The predicted octanol–water partition coefficient (Wildman–Crippen LogP) is 3.08. The van der Waals surface area contributed by atoms with Crippen molar-refractivity contribution in [2.45, 2.75) is 20.4 Å². The Balaban J connectivity index is 2.06. The first-order valence-electron chi connectivity index (χ1n) is 5.93. The first-order chi connectivity index (χ1) is 8.66. The molecule has 1 amide bonds. The van der Waals surface area contributed by atoms with Gasteiger partial charge in [0.1, 0.15) is 0 Å². The zero-order valence-corrected chi connectivity index (χ0v) is 11.3. The molecule has 0 atom stereocenters. The molecular formula is C14H16N2OS. The van der Waals surface area contributed by atoms with Crippen LogP contribution in [0.3, 0.4) is 0 Å². The summed E-state index contributed by atoms with van der Waals surface area (Å²) in [7, 11) is 0. The minimum Gasteiger partial charge on any atom is -0.352 e. The van der Waals surface area contributed by atoms with Crippen LogP contribution in [0, 0.1) is 5.92 Å². The van der Waals surface area contributed by atoms with Gasteiger partial charge < -0.3 is 5.32 Å². The lowest BCUT2D eigenvalue weighted by Crippen LogP contribution is -2.27. The van der Waals surface area contributed by atoms with Crippen molar-refractivity contribution in [3.05, 3.63) is 41.4 Å². The van der Waals surface area contributed by atoms with Gasteiger partial charge in [-0.1, -0.05) is 19.9 Å². The standard InChI is InChI=1S/C14H16N2OS/c1-10(2)14(17)16-9-11-5-6-15-12(8-11)13-4-3-7-18-13/h3-8,10H,9H2,1-2H3,(H,16,17). The molecule has 0 aromatic carbocycles. The third-order valence-corrected chi connectivity index (χ3v) is 3.48. The third kappa shape index (κ3) is 3.17. The van der Waals surface area contributed by atoms with E-state index in [0.29, 0.717) is 6.54 Å². The zero-order chi connectivity index (χ0) is 13.0. The minimum atomic E-state index is 0.0172. The lowest BCUT2D eigenvalue weighted by Gasteiger charge is -2.08. The van der Waals surface area contributed by atoms with Crippen molar-refractivity contribution >= 4 is 17.2 Å². The van der Waals surface area contributed by atoms with Crippen LogP contribution in [0.25, 0.3) is 10.6 Å². The number of pyridine rings is 1. The van der Waals surface area contributed by atoms with Crippen LogP contribution in [0.4, 0.5) is 0 Å². The molecule has 18 heavy (non-hydrogen) atoms. The fourth-order valence-electron chi connectivity index (χ4n) is 1.54. The molecule has 2 aromatic rings. The summed E-state index contributed by atoms with van der Waals surface area (Å²) in [5.74, 6) is 0.0908. The van der Waals surface area contributed by atoms with Gasteiger partial charge in [-0.3, -0.25) is 9.78 Å². The van der Waals surface area contributed by atoms with E-state index in [2.05, 4.69) is 10.3 Å². The number of nitrogens with one attached hydrogen (secondary N) is 1. The zero-order valence-electron chi connectivity index (χ0n) is 10.5. The second-order valence-corrected chi connectivity index (χ2v) is 5.35. The molecule has 1 N–H and O–H groups in total. The van der Waals surface area contributed by atoms with Gasteiger partial charge >= 0.3 is 0 Å². The third-order valence-electron chi connectivity index (χ3n) is 2.59. The van der Waals surface area contributed by atoms with Gasteiger partial charge in [0.05, 0.1) is 10.6 Å². The maximum absolute atomic E-state index is 11.5. The van der Waals surface area contributed by atoms with E-state index in [0.717, 1.165) is 16.1 Å². The van der Waals surface area contributed by atoms with E-state index in [1.165, 1.54) is 0 Å². The number of rotatable bonds is 4. The van der Waals surface area contributed by atoms with E-state index in [4.69, 9.17) is 0 Å². The molecular weight excluding hydrogens is 244 g/mol. The molecule has 0 fully saturated rings. The molecule has 2 rings (SSSR count). The van der Waals surface area contributed by atoms with Crippen molar-refractivity contribution in [1.29, 1.82) is 0 Å². The van der Waals surface area contributed by atoms with E-state index in [1.54, 1.807) is 17.5 Å². The quantitative estimate of drug-likeness (QED) is 0.918. The number of hydrogen-bond acceptors (Lipinski definition) is 3. The van der Waals surface area contributed by atoms with Gasteiger partial charge in [0.2, 0.25) is 5.91 Å². The number of amides is 1. The lowest BCUT2D eigenvalue weighted by atomic mass is 10.2. The van der Waals surface area contributed by atoms with Crippen LogP contribution >= 0.6 is 11.3 Å². The molecule has 0 aliphatic rings. The second-order valence-electron chi connectivity index (χ2n) is 4.40. The minimum absolute atomic E-state index is 0.0172. The summed E-state index contributed by atoms with van der Waals surface area (Å²) >= 11 is 1.66. The van der Waals surface area contributed by atoms with Crippen molar-refractivity contribution in [2.24, 2.45) is 5.92 Å². The summed E-state index contributed by atoms with van der Waals surface area (Å²) in [6.45, 7) is 4.33. The molecule has 0 saturated carbocycles. The Kier molecular flexibility index (Phi) is 4.10. The SMILES string of the molecule is CC(C)C(=O)NCc1ccnc(-c2cccs2)c1. The molecule has 3 nitrogen and oxygen atoms in total. The Bertz CT molecular complexity index is 520. The largest absolute Gasteiger partial charge is 0.352 e. The monoisotopic (exact) mass is 260 g/mol. The van der Waals surface area contributed by atoms with Crippen LogP contribution in [-0.4, -0.2) is 10.9 Å². The van der Waals surface area contributed by atoms with Gasteiger partial charge in [-0.05, 0) is 29.1 Å². The summed E-state index contributed by atoms with van der Waals surface area (Å²) in [5, 5.41) is 4.94. The predicted molar refractivity (Wildman–Crippen MR) is 74.2 cm³/mol. The average Bonchev–Trinajstić information content (AvgIpc) is 2.90. The van der Waals surface area contributed by atoms with Crippen LogP contribution in [0.5, 0.6) is 0 Å². The number of nitrogens with zero attached hydrogens (tertiary/aromatic N) is 1. The Morgan fingerprint density at radius 3 is 2.94 bits per heavy atom. The maximum atomic E-state index is 11.5. The number of aromatic nitrogens is 1. The van der Waals surface area contributed by atoms with Gasteiger partial charge in [-0.2, -0.15) is 0 Å². The second kappa shape index (κ2) is 5.78. The van der Waals surface area contributed by atoms with E-state index >= 15 is 0 Å². The van der Waals surface area contributed by atoms with E-state index in [1.807, 2.05) is 43.5 Å². The topological polar surface area (TPSA) is 42.0 Å². The number of carbonyl (C=O) groups is 1. The van der Waals surface area contributed by atoms with E-state index in [9.17, 15) is 4.79 Å². The highest BCUT2D eigenvalue weighted by Gasteiger charge is 2.07. The molecule has 0 unspecified atom stereocenters. The smallest absolute Gasteiger partial charge is 0.222 e. The summed E-state index contributed by atoms with van der Waals surface area (Å²) in [5.41, 5.74) is 2.03. The molecule has 0 spiro atoms. The van der Waals surface area contributed by atoms with Gasteiger partial charge in [-0.15, -0.1) is 11.3 Å². The van der Waals surface area contributed by atoms with Crippen molar-refractivity contribution in [3.8, 4) is 10.6 Å². The van der Waals surface area contributed by atoms with Crippen LogP contribution in [0.2, 0.25) is 0 Å². The summed E-state index contributed by atoms with van der Waals surface area (Å²) < 4.78 is 0. The molecule has 4 heteroatoms. The molecule has 0 saturated heterocycles. The highest BCUT2D eigenvalue weighted by molar-refractivity contribution is 7.13. The number of carbonyl (C=O) groups excluding carboxylic acids is 1. The van der Waals surface area contributed by atoms with Crippen molar-refractivity contribution in [2.75, 3.05) is 0 Å². The maximum Gasteiger partial charge on any atom is 0.222 e. The molecule has 2 heterocycles. The summed E-state index contributed by atoms with van der Waals surface area (Å²) in [4.78, 5) is 17.0. The molecule has 0 bridgehead atoms. The fraction of sp³-hybridized carbons (Fsp3) is 0.286. The highest BCUT2D eigenvalue weighted by Crippen LogP contribution is 2.22. The Morgan fingerprint density at radius 1 is 1.44 bits per heavy atom. The average molecular weight is 260 g/mol. The van der Waals surface area contributed by atoms with Crippen LogP contribution in [0.15, 0.2) is 35.8 Å². The van der Waals surface area contributed by atoms with Gasteiger partial charge in [0.15, 0.2) is 0 Å². The summed E-state index contributed by atoms with van der Waals surface area (Å²) in [6.07, 6.45) is 1.78. The normalized spacial score (nSPS) is 10.6. The Hall–Kier alpha value is -1.68. The Labute approximate surface area is 111 Å². The molecule has 2 aromatic heterocycles. The highest BCUT2D eigenvalue weighted by atomic mass is 32.1. The summed E-state index contributed by atoms with van der Waals surface area (Å²) in [6, 6.07) is 8.00. The molecule has 0 aliphatic heterocycles. The van der Waals surface area contributed by atoms with E-state index < -0.39 is 0 Å². The van der Waals surface area contributed by atoms with Crippen molar-refractivity contribution in [1.82, 2.24) is 10.3 Å². The van der Waals surface area contributed by atoms with Gasteiger partial charge in [0, 0.05) is 18.7 Å². The molecule has 94 valence electrons.